The minimum Gasteiger partial charge on any atom is -0.463 e. The zero-order valence-electron chi connectivity index (χ0n) is 14.7. The lowest BCUT2D eigenvalue weighted by atomic mass is 10.1. The molecule has 0 aliphatic heterocycles. The van der Waals surface area contributed by atoms with Gasteiger partial charge in [0, 0.05) is 0 Å². The summed E-state index contributed by atoms with van der Waals surface area (Å²) >= 11 is 1.20. The van der Waals surface area contributed by atoms with Crippen LogP contribution in [0.15, 0.2) is 57.9 Å². The summed E-state index contributed by atoms with van der Waals surface area (Å²) in [5, 5.41) is 3.26. The molecule has 0 atom stereocenters. The first-order valence-corrected chi connectivity index (χ1v) is 9.28. The summed E-state index contributed by atoms with van der Waals surface area (Å²) in [5.41, 5.74) is 0.927. The van der Waals surface area contributed by atoms with Crippen molar-refractivity contribution in [3.8, 4) is 0 Å². The highest BCUT2D eigenvalue weighted by Gasteiger charge is 2.17. The number of hydrogen-bond acceptors (Lipinski definition) is 7. The molecule has 28 heavy (non-hydrogen) atoms. The molecule has 1 N–H and O–H groups in total. The van der Waals surface area contributed by atoms with Gasteiger partial charge >= 0.3 is 5.97 Å². The summed E-state index contributed by atoms with van der Waals surface area (Å²) < 4.78 is 11.1. The van der Waals surface area contributed by atoms with E-state index in [1.807, 2.05) is 0 Å². The highest BCUT2D eigenvalue weighted by molar-refractivity contribution is 7.22. The Hall–Kier alpha value is -3.52. The van der Waals surface area contributed by atoms with Crippen molar-refractivity contribution < 1.29 is 18.7 Å². The van der Waals surface area contributed by atoms with Crippen molar-refractivity contribution in [3.63, 3.8) is 0 Å². The minimum absolute atomic E-state index is 0.106. The lowest BCUT2D eigenvalue weighted by Crippen LogP contribution is -2.21. The summed E-state index contributed by atoms with van der Waals surface area (Å²) in [6, 6.07) is 11.7. The fourth-order valence-corrected chi connectivity index (χ4v) is 3.62. The Morgan fingerprint density at radius 1 is 1.21 bits per heavy atom. The van der Waals surface area contributed by atoms with Gasteiger partial charge in [-0.05, 0) is 37.3 Å². The van der Waals surface area contributed by atoms with Gasteiger partial charge in [0.1, 0.15) is 17.4 Å². The number of fused-ring (bicyclic) bond motifs is 2. The third-order valence-corrected chi connectivity index (χ3v) is 4.98. The number of anilines is 1. The van der Waals surface area contributed by atoms with Gasteiger partial charge in [0.05, 0.1) is 27.8 Å². The number of nitrogens with zero attached hydrogens (tertiary/aromatic N) is 1. The second kappa shape index (κ2) is 7.24. The molecule has 0 unspecified atom stereocenters. The fraction of sp³-hybridized carbons (Fsp3) is 0.100. The van der Waals surface area contributed by atoms with Crippen LogP contribution < -0.4 is 10.7 Å². The number of aromatic nitrogens is 1. The molecule has 0 saturated carbocycles. The molecule has 7 nitrogen and oxygen atoms in total. The van der Waals surface area contributed by atoms with Gasteiger partial charge in [0.15, 0.2) is 5.13 Å². The highest BCUT2D eigenvalue weighted by Crippen LogP contribution is 2.27. The topological polar surface area (TPSA) is 98.5 Å². The van der Waals surface area contributed by atoms with E-state index in [4.69, 9.17) is 9.15 Å². The number of benzene rings is 2. The van der Waals surface area contributed by atoms with Crippen molar-refractivity contribution in [2.45, 2.75) is 6.92 Å². The molecule has 0 aliphatic carbocycles. The summed E-state index contributed by atoms with van der Waals surface area (Å²) in [4.78, 5) is 41.2. The SMILES string of the molecule is CCOC(=O)c1ccc2nc(NC(=O)c3coc4ccccc4c3=O)sc2c1. The van der Waals surface area contributed by atoms with Crippen molar-refractivity contribution in [3.05, 3.63) is 70.1 Å². The molecular formula is C20H14N2O5S. The van der Waals surface area contributed by atoms with E-state index in [1.165, 1.54) is 11.3 Å². The van der Waals surface area contributed by atoms with Crippen LogP contribution in [-0.2, 0) is 4.74 Å². The Morgan fingerprint density at radius 2 is 2.04 bits per heavy atom. The largest absolute Gasteiger partial charge is 0.463 e. The average molecular weight is 394 g/mol. The molecule has 2 heterocycles. The van der Waals surface area contributed by atoms with Crippen LogP contribution in [0.3, 0.4) is 0 Å². The number of esters is 1. The Labute approximate surface area is 162 Å². The van der Waals surface area contributed by atoms with Gasteiger partial charge in [-0.1, -0.05) is 23.5 Å². The number of nitrogens with one attached hydrogen (secondary N) is 1. The molecule has 0 saturated heterocycles. The quantitative estimate of drug-likeness (QED) is 0.528. The zero-order valence-corrected chi connectivity index (χ0v) is 15.5. The first-order chi connectivity index (χ1) is 13.6. The first kappa shape index (κ1) is 17.9. The Bertz CT molecular complexity index is 1270. The van der Waals surface area contributed by atoms with E-state index in [-0.39, 0.29) is 12.2 Å². The van der Waals surface area contributed by atoms with Crippen LogP contribution in [-0.4, -0.2) is 23.5 Å². The number of amides is 1. The standard InChI is InChI=1S/C20H14N2O5S/c1-2-26-19(25)11-7-8-14-16(9-11)28-20(21-14)22-18(24)13-10-27-15-6-4-3-5-12(15)17(13)23/h3-10H,2H2,1H3,(H,21,22,24). The molecule has 2 aromatic heterocycles. The van der Waals surface area contributed by atoms with Crippen molar-refractivity contribution in [1.82, 2.24) is 4.98 Å². The molecule has 0 aliphatic rings. The Morgan fingerprint density at radius 3 is 2.86 bits per heavy atom. The molecule has 1 amide bonds. The van der Waals surface area contributed by atoms with Crippen molar-refractivity contribution in [2.24, 2.45) is 0 Å². The van der Waals surface area contributed by atoms with Crippen LogP contribution in [0.1, 0.15) is 27.6 Å². The van der Waals surface area contributed by atoms with Gasteiger partial charge in [-0.25, -0.2) is 9.78 Å². The van der Waals surface area contributed by atoms with Crippen molar-refractivity contribution >= 4 is 49.5 Å². The van der Waals surface area contributed by atoms with Gasteiger partial charge in [0.25, 0.3) is 5.91 Å². The molecular weight excluding hydrogens is 380 g/mol. The molecule has 4 rings (SSSR count). The number of thiazole rings is 1. The predicted octanol–water partition coefficient (Wildman–Crippen LogP) is 3.83. The van der Waals surface area contributed by atoms with Crippen molar-refractivity contribution in [1.29, 1.82) is 0 Å². The summed E-state index contributed by atoms with van der Waals surface area (Å²) in [6.07, 6.45) is 1.15. The van der Waals surface area contributed by atoms with Gasteiger partial charge in [-0.2, -0.15) is 0 Å². The van der Waals surface area contributed by atoms with Gasteiger partial charge in [-0.15, -0.1) is 0 Å². The number of carbonyl (C=O) groups is 2. The zero-order chi connectivity index (χ0) is 19.7. The third kappa shape index (κ3) is 3.25. The second-order valence-corrected chi connectivity index (χ2v) is 6.88. The van der Waals surface area contributed by atoms with E-state index in [0.29, 0.717) is 31.9 Å². The van der Waals surface area contributed by atoms with Crippen LogP contribution in [0.25, 0.3) is 21.2 Å². The monoisotopic (exact) mass is 394 g/mol. The molecule has 0 spiro atoms. The van der Waals surface area contributed by atoms with Crippen LogP contribution in [0.4, 0.5) is 5.13 Å². The summed E-state index contributed by atoms with van der Waals surface area (Å²) in [5.74, 6) is -1.03. The third-order valence-electron chi connectivity index (χ3n) is 4.04. The Balaban J connectivity index is 1.63. The number of para-hydroxylation sites is 1. The lowest BCUT2D eigenvalue weighted by Gasteiger charge is -2.02. The van der Waals surface area contributed by atoms with E-state index in [9.17, 15) is 14.4 Å². The summed E-state index contributed by atoms with van der Waals surface area (Å²) in [6.45, 7) is 2.02. The van der Waals surface area contributed by atoms with E-state index in [2.05, 4.69) is 10.3 Å². The molecule has 4 aromatic rings. The highest BCUT2D eigenvalue weighted by atomic mass is 32.1. The number of ether oxygens (including phenoxy) is 1. The minimum atomic E-state index is -0.607. The second-order valence-electron chi connectivity index (χ2n) is 5.85. The van der Waals surface area contributed by atoms with Crippen LogP contribution in [0.2, 0.25) is 0 Å². The average Bonchev–Trinajstić information content (AvgIpc) is 3.09. The Kier molecular flexibility index (Phi) is 4.62. The normalized spacial score (nSPS) is 10.9. The van der Waals surface area contributed by atoms with Crippen LogP contribution >= 0.6 is 11.3 Å². The smallest absolute Gasteiger partial charge is 0.338 e. The van der Waals surface area contributed by atoms with E-state index < -0.39 is 17.3 Å². The lowest BCUT2D eigenvalue weighted by molar-refractivity contribution is 0.0526. The van der Waals surface area contributed by atoms with E-state index in [0.717, 1.165) is 6.26 Å². The molecule has 2 aromatic carbocycles. The van der Waals surface area contributed by atoms with Gasteiger partial charge in [0.2, 0.25) is 5.43 Å². The molecule has 8 heteroatoms. The van der Waals surface area contributed by atoms with Crippen LogP contribution in [0, 0.1) is 0 Å². The van der Waals surface area contributed by atoms with Gasteiger partial charge in [-0.3, -0.25) is 14.9 Å². The molecule has 0 radical (unpaired) electrons. The first-order valence-electron chi connectivity index (χ1n) is 8.46. The molecule has 140 valence electrons. The van der Waals surface area contributed by atoms with E-state index >= 15 is 0 Å². The predicted molar refractivity (Wildman–Crippen MR) is 106 cm³/mol. The number of rotatable bonds is 4. The van der Waals surface area contributed by atoms with Crippen LogP contribution in [0.5, 0.6) is 0 Å². The maximum atomic E-state index is 12.5. The maximum Gasteiger partial charge on any atom is 0.338 e. The maximum absolute atomic E-state index is 12.5. The number of carbonyl (C=O) groups excluding carboxylic acids is 2. The molecule has 0 bridgehead atoms. The number of hydrogen-bond donors (Lipinski definition) is 1. The summed E-state index contributed by atoms with van der Waals surface area (Å²) in [7, 11) is 0. The van der Waals surface area contributed by atoms with E-state index in [1.54, 1.807) is 49.4 Å². The fourth-order valence-electron chi connectivity index (χ4n) is 2.72. The van der Waals surface area contributed by atoms with Gasteiger partial charge < -0.3 is 9.15 Å². The van der Waals surface area contributed by atoms with Crippen molar-refractivity contribution in [2.75, 3.05) is 11.9 Å². The molecule has 0 fully saturated rings.